The summed E-state index contributed by atoms with van der Waals surface area (Å²) in [4.78, 5) is 16.6. The molecule has 0 atom stereocenters. The highest BCUT2D eigenvalue weighted by molar-refractivity contribution is 7.71. The van der Waals surface area contributed by atoms with E-state index in [1.54, 1.807) is 4.68 Å². The van der Waals surface area contributed by atoms with Crippen LogP contribution in [-0.4, -0.2) is 65.1 Å². The molecule has 2 aliphatic rings. The predicted octanol–water partition coefficient (Wildman–Crippen LogP) is 2.19. The van der Waals surface area contributed by atoms with Crippen LogP contribution in [0.1, 0.15) is 24.6 Å². The average Bonchev–Trinajstić information content (AvgIpc) is 3.52. The first-order chi connectivity index (χ1) is 14.0. The highest BCUT2D eigenvalue weighted by atomic mass is 32.1. The topological polar surface area (TPSA) is 67.6 Å². The fourth-order valence-corrected chi connectivity index (χ4v) is 3.79. The number of amides is 1. The van der Waals surface area contributed by atoms with E-state index in [2.05, 4.69) is 15.3 Å². The quantitative estimate of drug-likeness (QED) is 0.698. The van der Waals surface area contributed by atoms with Gasteiger partial charge in [0.05, 0.1) is 26.4 Å². The molecule has 1 saturated carbocycles. The first kappa shape index (κ1) is 20.1. The van der Waals surface area contributed by atoms with Gasteiger partial charge in [0.1, 0.15) is 5.82 Å². The second kappa shape index (κ2) is 8.64. The third-order valence-corrected chi connectivity index (χ3v) is 5.82. The van der Waals surface area contributed by atoms with E-state index in [9.17, 15) is 4.79 Å². The molecule has 0 spiro atoms. The maximum absolute atomic E-state index is 12.4. The largest absolute Gasteiger partial charge is 0.378 e. The molecule has 8 nitrogen and oxygen atoms in total. The summed E-state index contributed by atoms with van der Waals surface area (Å²) in [6.07, 6.45) is 2.37. The highest BCUT2D eigenvalue weighted by Gasteiger charge is 2.29. The van der Waals surface area contributed by atoms with Gasteiger partial charge in [-0.2, -0.15) is 5.10 Å². The maximum atomic E-state index is 12.4. The number of morpholine rings is 1. The fraction of sp³-hybridized carbons (Fsp3) is 0.550. The molecule has 1 amide bonds. The number of ether oxygens (including phenoxy) is 1. The van der Waals surface area contributed by atoms with Gasteiger partial charge in [-0.05, 0) is 56.4 Å². The Hall–Kier alpha value is -2.23. The van der Waals surface area contributed by atoms with Crippen molar-refractivity contribution in [2.75, 3.05) is 50.1 Å². The van der Waals surface area contributed by atoms with Crippen LogP contribution >= 0.6 is 12.2 Å². The fourth-order valence-electron chi connectivity index (χ4n) is 3.60. The lowest BCUT2D eigenvalue weighted by Gasteiger charge is -2.28. The van der Waals surface area contributed by atoms with Crippen LogP contribution in [0.5, 0.6) is 0 Å². The molecule has 1 saturated heterocycles. The van der Waals surface area contributed by atoms with Crippen LogP contribution in [0.3, 0.4) is 0 Å². The number of nitrogens with one attached hydrogen (secondary N) is 1. The molecule has 1 aromatic carbocycles. The Bertz CT molecular complexity index is 912. The molecule has 2 fully saturated rings. The summed E-state index contributed by atoms with van der Waals surface area (Å²) in [7, 11) is 3.86. The van der Waals surface area contributed by atoms with Crippen LogP contribution in [-0.2, 0) is 23.2 Å². The Morgan fingerprint density at radius 2 is 1.97 bits per heavy atom. The summed E-state index contributed by atoms with van der Waals surface area (Å²) in [5.74, 6) is 1.53. The minimum Gasteiger partial charge on any atom is -0.378 e. The number of rotatable bonds is 7. The van der Waals surface area contributed by atoms with E-state index in [0.29, 0.717) is 17.4 Å². The van der Waals surface area contributed by atoms with E-state index in [4.69, 9.17) is 17.0 Å². The summed E-state index contributed by atoms with van der Waals surface area (Å²) >= 11 is 5.49. The molecule has 1 aliphatic heterocycles. The van der Waals surface area contributed by atoms with Gasteiger partial charge in [-0.15, -0.1) is 0 Å². The summed E-state index contributed by atoms with van der Waals surface area (Å²) in [6, 6.07) is 7.97. The second-order valence-electron chi connectivity index (χ2n) is 7.82. The smallest absolute Gasteiger partial charge is 0.238 e. The Kier molecular flexibility index (Phi) is 5.98. The van der Waals surface area contributed by atoms with Crippen molar-refractivity contribution < 1.29 is 9.53 Å². The van der Waals surface area contributed by atoms with Gasteiger partial charge in [0, 0.05) is 37.4 Å². The number of anilines is 2. The number of nitrogens with zero attached hydrogens (tertiary/aromatic N) is 5. The van der Waals surface area contributed by atoms with Crippen LogP contribution in [0, 0.1) is 4.77 Å². The van der Waals surface area contributed by atoms with Crippen molar-refractivity contribution in [3.63, 3.8) is 0 Å². The van der Waals surface area contributed by atoms with Crippen LogP contribution in [0.2, 0.25) is 0 Å². The average molecular weight is 417 g/mol. The predicted molar refractivity (Wildman–Crippen MR) is 115 cm³/mol. The lowest BCUT2D eigenvalue weighted by molar-refractivity contribution is -0.117. The molecule has 9 heteroatoms. The number of hydrogen-bond acceptors (Lipinski definition) is 6. The van der Waals surface area contributed by atoms with Crippen molar-refractivity contribution >= 4 is 29.5 Å². The van der Waals surface area contributed by atoms with Crippen molar-refractivity contribution in [2.45, 2.75) is 25.4 Å². The number of hydrogen-bond donors (Lipinski definition) is 1. The van der Waals surface area contributed by atoms with Crippen molar-refractivity contribution in [1.82, 2.24) is 19.2 Å². The first-order valence-electron chi connectivity index (χ1n) is 10.1. The molecule has 0 bridgehead atoms. The monoisotopic (exact) mass is 416 g/mol. The van der Waals surface area contributed by atoms with Crippen molar-refractivity contribution in [3.8, 4) is 0 Å². The maximum Gasteiger partial charge on any atom is 0.238 e. The van der Waals surface area contributed by atoms with Crippen molar-refractivity contribution in [3.05, 3.63) is 34.9 Å². The number of likely N-dealkylation sites (N-methyl/N-ethyl adjacent to an activating group) is 1. The van der Waals surface area contributed by atoms with Gasteiger partial charge in [-0.1, -0.05) is 0 Å². The molecule has 2 aromatic rings. The van der Waals surface area contributed by atoms with E-state index in [0.717, 1.165) is 43.5 Å². The van der Waals surface area contributed by atoms with Crippen molar-refractivity contribution in [1.29, 1.82) is 0 Å². The molecule has 29 heavy (non-hydrogen) atoms. The van der Waals surface area contributed by atoms with Crippen LogP contribution < -0.4 is 10.2 Å². The number of carbonyl (C=O) groups is 1. The van der Waals surface area contributed by atoms with E-state index < -0.39 is 0 Å². The number of benzene rings is 1. The van der Waals surface area contributed by atoms with E-state index in [-0.39, 0.29) is 12.5 Å². The Balaban J connectivity index is 1.30. The third kappa shape index (κ3) is 4.85. The minimum absolute atomic E-state index is 0.0588. The molecular weight excluding hydrogens is 388 g/mol. The van der Waals surface area contributed by atoms with Gasteiger partial charge in [0.25, 0.3) is 0 Å². The van der Waals surface area contributed by atoms with Crippen LogP contribution in [0.15, 0.2) is 24.3 Å². The van der Waals surface area contributed by atoms with E-state index >= 15 is 0 Å². The SMILES string of the molecule is CN(CC(=O)Nc1ccc(N2CCOCC2)cc1)Cn1nc(C2CC2)n(C)c1=S. The van der Waals surface area contributed by atoms with Gasteiger partial charge in [-0.3, -0.25) is 9.69 Å². The molecule has 1 aliphatic carbocycles. The van der Waals surface area contributed by atoms with Gasteiger partial charge >= 0.3 is 0 Å². The van der Waals surface area contributed by atoms with Gasteiger partial charge in [0.2, 0.25) is 5.91 Å². The van der Waals surface area contributed by atoms with Crippen molar-refractivity contribution in [2.24, 2.45) is 7.05 Å². The molecule has 156 valence electrons. The van der Waals surface area contributed by atoms with E-state index in [1.165, 1.54) is 12.8 Å². The molecule has 1 aromatic heterocycles. The Labute approximate surface area is 176 Å². The summed E-state index contributed by atoms with van der Waals surface area (Å²) in [6.45, 7) is 4.07. The van der Waals surface area contributed by atoms with Crippen LogP contribution in [0.25, 0.3) is 0 Å². The first-order valence-corrected chi connectivity index (χ1v) is 10.5. The normalized spacial score (nSPS) is 17.0. The molecule has 4 rings (SSSR count). The Morgan fingerprint density at radius 1 is 1.28 bits per heavy atom. The van der Waals surface area contributed by atoms with Gasteiger partial charge < -0.3 is 19.5 Å². The van der Waals surface area contributed by atoms with E-state index in [1.807, 2.05) is 47.8 Å². The number of carbonyl (C=O) groups excluding carboxylic acids is 1. The minimum atomic E-state index is -0.0588. The summed E-state index contributed by atoms with van der Waals surface area (Å²) < 4.78 is 9.86. The lowest BCUT2D eigenvalue weighted by atomic mass is 10.2. The molecular formula is C20H28N6O2S. The zero-order chi connectivity index (χ0) is 20.4. The summed E-state index contributed by atoms with van der Waals surface area (Å²) in [5, 5.41) is 7.61. The van der Waals surface area contributed by atoms with Gasteiger partial charge in [-0.25, -0.2) is 4.68 Å². The standard InChI is InChI=1S/C20H28N6O2S/c1-23(14-26-20(29)24(2)19(22-26)15-3-4-15)13-18(27)21-16-5-7-17(8-6-16)25-9-11-28-12-10-25/h5-8,15H,3-4,9-14H2,1-2H3,(H,21,27). The summed E-state index contributed by atoms with van der Waals surface area (Å²) in [5.41, 5.74) is 1.95. The number of aromatic nitrogens is 3. The zero-order valence-corrected chi connectivity index (χ0v) is 17.8. The molecule has 0 unspecified atom stereocenters. The molecule has 1 N–H and O–H groups in total. The third-order valence-electron chi connectivity index (χ3n) is 5.33. The second-order valence-corrected chi connectivity index (χ2v) is 8.19. The highest BCUT2D eigenvalue weighted by Crippen LogP contribution is 2.38. The van der Waals surface area contributed by atoms with Crippen LogP contribution in [0.4, 0.5) is 11.4 Å². The Morgan fingerprint density at radius 3 is 2.62 bits per heavy atom. The lowest BCUT2D eigenvalue weighted by Crippen LogP contribution is -2.36. The molecule has 0 radical (unpaired) electrons. The molecule has 2 heterocycles. The van der Waals surface area contributed by atoms with Gasteiger partial charge in [0.15, 0.2) is 4.77 Å². The zero-order valence-electron chi connectivity index (χ0n) is 17.0.